The van der Waals surface area contributed by atoms with Gasteiger partial charge >= 0.3 is 0 Å². The molecule has 2 heterocycles. The lowest BCUT2D eigenvalue weighted by Crippen LogP contribution is -2.08. The van der Waals surface area contributed by atoms with Gasteiger partial charge in [0.25, 0.3) is 0 Å². The molecule has 0 bridgehead atoms. The van der Waals surface area contributed by atoms with E-state index in [0.717, 1.165) is 5.82 Å². The minimum Gasteiger partial charge on any atom is -0.386 e. The smallest absolute Gasteiger partial charge is 0.111 e. The number of aromatic nitrogens is 3. The zero-order valence-electron chi connectivity index (χ0n) is 9.14. The highest BCUT2D eigenvalue weighted by molar-refractivity contribution is 6.34. The average Bonchev–Trinajstić information content (AvgIpc) is 2.64. The molecule has 0 fully saturated rings. The number of nitrogens with zero attached hydrogens (tertiary/aromatic N) is 3. The molecule has 0 aliphatic carbocycles. The van der Waals surface area contributed by atoms with E-state index < -0.39 is 6.10 Å². The molecule has 0 aromatic carbocycles. The third-order valence-corrected chi connectivity index (χ3v) is 2.96. The number of hydrogen-bond acceptors (Lipinski definition) is 3. The van der Waals surface area contributed by atoms with Crippen LogP contribution in [0, 0.1) is 0 Å². The molecule has 1 atom stereocenters. The fourth-order valence-electron chi connectivity index (χ4n) is 1.53. The Morgan fingerprint density at radius 2 is 2.18 bits per heavy atom. The van der Waals surface area contributed by atoms with Crippen molar-refractivity contribution >= 4 is 23.2 Å². The molecule has 6 heteroatoms. The topological polar surface area (TPSA) is 50.9 Å². The van der Waals surface area contributed by atoms with Crippen molar-refractivity contribution in [3.05, 3.63) is 46.2 Å². The second kappa shape index (κ2) is 5.04. The number of aryl methyl sites for hydroxylation is 1. The summed E-state index contributed by atoms with van der Waals surface area (Å²) in [5.41, 5.74) is 0.416. The standard InChI is InChI=1S/C11H11Cl2N3O/c1-16-3-2-14-10(16)5-9(17)11-8(13)4-7(12)6-15-11/h2-4,6,9,17H,5H2,1H3. The van der Waals surface area contributed by atoms with E-state index in [0.29, 0.717) is 22.2 Å². The molecule has 1 unspecified atom stereocenters. The SMILES string of the molecule is Cn1ccnc1CC(O)c1ncc(Cl)cc1Cl. The van der Waals surface area contributed by atoms with Gasteiger partial charge in [-0.25, -0.2) is 4.98 Å². The highest BCUT2D eigenvalue weighted by atomic mass is 35.5. The zero-order chi connectivity index (χ0) is 12.4. The Hall–Kier alpha value is -1.10. The Kier molecular flexibility index (Phi) is 3.66. The second-order valence-electron chi connectivity index (χ2n) is 3.69. The van der Waals surface area contributed by atoms with E-state index in [1.807, 2.05) is 17.8 Å². The maximum Gasteiger partial charge on any atom is 0.111 e. The molecule has 2 rings (SSSR count). The first kappa shape index (κ1) is 12.4. The molecule has 90 valence electrons. The van der Waals surface area contributed by atoms with Gasteiger partial charge in [0.05, 0.1) is 15.7 Å². The monoisotopic (exact) mass is 271 g/mol. The second-order valence-corrected chi connectivity index (χ2v) is 4.54. The molecule has 0 amide bonds. The van der Waals surface area contributed by atoms with E-state index in [1.54, 1.807) is 12.3 Å². The van der Waals surface area contributed by atoms with Gasteiger partial charge in [-0.2, -0.15) is 0 Å². The minimum atomic E-state index is -0.791. The number of pyridine rings is 1. The summed E-state index contributed by atoms with van der Waals surface area (Å²) in [4.78, 5) is 8.17. The van der Waals surface area contributed by atoms with Crippen LogP contribution in [0.15, 0.2) is 24.7 Å². The Balaban J connectivity index is 2.20. The van der Waals surface area contributed by atoms with Gasteiger partial charge in [0, 0.05) is 32.1 Å². The van der Waals surface area contributed by atoms with Crippen molar-refractivity contribution in [2.75, 3.05) is 0 Å². The largest absolute Gasteiger partial charge is 0.386 e. The van der Waals surface area contributed by atoms with Crippen LogP contribution in [0.2, 0.25) is 10.0 Å². The van der Waals surface area contributed by atoms with Crippen LogP contribution in [-0.2, 0) is 13.5 Å². The summed E-state index contributed by atoms with van der Waals surface area (Å²) in [5, 5.41) is 10.9. The molecular formula is C11H11Cl2N3O. The van der Waals surface area contributed by atoms with Gasteiger partial charge in [-0.1, -0.05) is 23.2 Å². The number of imidazole rings is 1. The number of aliphatic hydroxyl groups excluding tert-OH is 1. The van der Waals surface area contributed by atoms with Gasteiger partial charge < -0.3 is 9.67 Å². The molecular weight excluding hydrogens is 261 g/mol. The first-order chi connectivity index (χ1) is 8.08. The van der Waals surface area contributed by atoms with Crippen molar-refractivity contribution < 1.29 is 5.11 Å². The summed E-state index contributed by atoms with van der Waals surface area (Å²) in [5.74, 6) is 0.769. The lowest BCUT2D eigenvalue weighted by atomic mass is 10.1. The highest BCUT2D eigenvalue weighted by Gasteiger charge is 2.16. The Morgan fingerprint density at radius 3 is 2.76 bits per heavy atom. The zero-order valence-corrected chi connectivity index (χ0v) is 10.7. The third kappa shape index (κ3) is 2.77. The van der Waals surface area contributed by atoms with E-state index >= 15 is 0 Å². The van der Waals surface area contributed by atoms with E-state index in [2.05, 4.69) is 9.97 Å². The van der Waals surface area contributed by atoms with Gasteiger partial charge in [-0.05, 0) is 6.07 Å². The van der Waals surface area contributed by atoms with Crippen LogP contribution in [0.4, 0.5) is 0 Å². The molecule has 0 saturated heterocycles. The number of halogens is 2. The molecule has 17 heavy (non-hydrogen) atoms. The summed E-state index contributed by atoms with van der Waals surface area (Å²) in [6.07, 6.45) is 4.53. The molecule has 2 aromatic rings. The van der Waals surface area contributed by atoms with E-state index in [4.69, 9.17) is 23.2 Å². The molecule has 0 aliphatic heterocycles. The Morgan fingerprint density at radius 1 is 1.41 bits per heavy atom. The van der Waals surface area contributed by atoms with Crippen LogP contribution in [0.5, 0.6) is 0 Å². The summed E-state index contributed by atoms with van der Waals surface area (Å²) in [6.45, 7) is 0. The van der Waals surface area contributed by atoms with Crippen LogP contribution in [0.1, 0.15) is 17.6 Å². The summed E-state index contributed by atoms with van der Waals surface area (Å²) in [6, 6.07) is 1.56. The third-order valence-electron chi connectivity index (χ3n) is 2.45. The van der Waals surface area contributed by atoms with Crippen molar-refractivity contribution in [3.8, 4) is 0 Å². The van der Waals surface area contributed by atoms with Crippen LogP contribution < -0.4 is 0 Å². The molecule has 0 aliphatic rings. The van der Waals surface area contributed by atoms with E-state index in [1.165, 1.54) is 6.20 Å². The molecule has 0 saturated carbocycles. The molecule has 1 N–H and O–H groups in total. The summed E-state index contributed by atoms with van der Waals surface area (Å²) in [7, 11) is 1.87. The normalized spacial score (nSPS) is 12.7. The summed E-state index contributed by atoms with van der Waals surface area (Å²) >= 11 is 11.7. The average molecular weight is 272 g/mol. The molecule has 4 nitrogen and oxygen atoms in total. The fourth-order valence-corrected chi connectivity index (χ4v) is 2.04. The van der Waals surface area contributed by atoms with Gasteiger partial charge in [-0.3, -0.25) is 4.98 Å². The first-order valence-corrected chi connectivity index (χ1v) is 5.78. The predicted octanol–water partition coefficient (Wildman–Crippen LogP) is 2.40. The van der Waals surface area contributed by atoms with Gasteiger partial charge in [0.2, 0.25) is 0 Å². The fraction of sp³-hybridized carbons (Fsp3) is 0.273. The van der Waals surface area contributed by atoms with Crippen LogP contribution in [0.25, 0.3) is 0 Å². The molecule has 0 spiro atoms. The predicted molar refractivity (Wildman–Crippen MR) is 66.1 cm³/mol. The minimum absolute atomic E-state index is 0.359. The Labute approximate surface area is 109 Å². The van der Waals surface area contributed by atoms with Crippen molar-refractivity contribution in [1.82, 2.24) is 14.5 Å². The lowest BCUT2D eigenvalue weighted by Gasteiger charge is -2.11. The lowest BCUT2D eigenvalue weighted by molar-refractivity contribution is 0.170. The number of hydrogen-bond donors (Lipinski definition) is 1. The quantitative estimate of drug-likeness (QED) is 0.933. The number of rotatable bonds is 3. The van der Waals surface area contributed by atoms with Crippen LogP contribution >= 0.6 is 23.2 Å². The molecule has 0 radical (unpaired) electrons. The van der Waals surface area contributed by atoms with Crippen molar-refractivity contribution in [2.45, 2.75) is 12.5 Å². The number of aliphatic hydroxyl groups is 1. The van der Waals surface area contributed by atoms with Crippen molar-refractivity contribution in [2.24, 2.45) is 7.05 Å². The maximum absolute atomic E-state index is 10.0. The van der Waals surface area contributed by atoms with Gasteiger partial charge in [0.1, 0.15) is 11.9 Å². The van der Waals surface area contributed by atoms with Crippen LogP contribution in [0.3, 0.4) is 0 Å². The maximum atomic E-state index is 10.0. The molecule has 2 aromatic heterocycles. The van der Waals surface area contributed by atoms with Crippen molar-refractivity contribution in [3.63, 3.8) is 0 Å². The van der Waals surface area contributed by atoms with Gasteiger partial charge in [-0.15, -0.1) is 0 Å². The van der Waals surface area contributed by atoms with Crippen molar-refractivity contribution in [1.29, 1.82) is 0 Å². The van der Waals surface area contributed by atoms with E-state index in [9.17, 15) is 5.11 Å². The highest BCUT2D eigenvalue weighted by Crippen LogP contribution is 2.25. The van der Waals surface area contributed by atoms with Gasteiger partial charge in [0.15, 0.2) is 0 Å². The first-order valence-electron chi connectivity index (χ1n) is 5.03. The van der Waals surface area contributed by atoms with Crippen LogP contribution in [-0.4, -0.2) is 19.6 Å². The summed E-state index contributed by atoms with van der Waals surface area (Å²) < 4.78 is 1.84. The van der Waals surface area contributed by atoms with E-state index in [-0.39, 0.29) is 0 Å². The Bertz CT molecular complexity index is 527.